The molecule has 1 aliphatic rings. The summed E-state index contributed by atoms with van der Waals surface area (Å²) >= 11 is 0. The number of nitrogens with zero attached hydrogens (tertiary/aromatic N) is 3. The lowest BCUT2D eigenvalue weighted by Gasteiger charge is -2.25. The van der Waals surface area contributed by atoms with Gasteiger partial charge in [0, 0.05) is 30.8 Å². The Morgan fingerprint density at radius 2 is 2.18 bits per heavy atom. The number of ether oxygens (including phenoxy) is 1. The molecule has 1 aromatic carbocycles. The summed E-state index contributed by atoms with van der Waals surface area (Å²) < 4.78 is 5.21. The lowest BCUT2D eigenvalue weighted by Crippen LogP contribution is -2.42. The highest BCUT2D eigenvalue weighted by molar-refractivity contribution is 5.99. The topological polar surface area (TPSA) is 97.1 Å². The Labute approximate surface area is 127 Å². The summed E-state index contributed by atoms with van der Waals surface area (Å²) in [6.45, 7) is 4.65. The first kappa shape index (κ1) is 16.1. The first-order valence-corrected chi connectivity index (χ1v) is 6.94. The van der Waals surface area contributed by atoms with Crippen LogP contribution in [-0.4, -0.2) is 54.3 Å². The summed E-state index contributed by atoms with van der Waals surface area (Å²) in [7, 11) is 0. The number of benzene rings is 1. The number of morpholine rings is 1. The second-order valence-corrected chi connectivity index (χ2v) is 4.93. The molecule has 1 heterocycles. The van der Waals surface area contributed by atoms with E-state index in [4.69, 9.17) is 4.74 Å². The third-order valence-electron chi connectivity index (χ3n) is 3.29. The Morgan fingerprint density at radius 3 is 2.86 bits per heavy atom. The van der Waals surface area contributed by atoms with Crippen LogP contribution >= 0.6 is 0 Å². The van der Waals surface area contributed by atoms with Crippen LogP contribution in [0.5, 0.6) is 0 Å². The van der Waals surface area contributed by atoms with Crippen molar-refractivity contribution in [1.29, 1.82) is 0 Å². The van der Waals surface area contributed by atoms with E-state index in [1.807, 2.05) is 4.90 Å². The second-order valence-electron chi connectivity index (χ2n) is 4.93. The molecule has 22 heavy (non-hydrogen) atoms. The molecule has 0 aromatic heterocycles. The van der Waals surface area contributed by atoms with Gasteiger partial charge >= 0.3 is 0 Å². The summed E-state index contributed by atoms with van der Waals surface area (Å²) in [6.07, 6.45) is 0. The Kier molecular flexibility index (Phi) is 5.56. The molecule has 118 valence electrons. The molecule has 1 saturated heterocycles. The summed E-state index contributed by atoms with van der Waals surface area (Å²) in [5, 5.41) is 14.7. The van der Waals surface area contributed by atoms with Gasteiger partial charge in [-0.3, -0.25) is 19.8 Å². The number of hydrogen-bond acceptors (Lipinski definition) is 6. The van der Waals surface area contributed by atoms with E-state index in [-0.39, 0.29) is 18.1 Å². The van der Waals surface area contributed by atoms with Crippen LogP contribution in [0.25, 0.3) is 0 Å². The zero-order chi connectivity index (χ0) is 15.9. The third kappa shape index (κ3) is 4.61. The maximum atomic E-state index is 11.8. The number of carbonyl (C=O) groups excluding carboxylic acids is 1. The van der Waals surface area contributed by atoms with Crippen molar-refractivity contribution < 1.29 is 14.5 Å². The van der Waals surface area contributed by atoms with Gasteiger partial charge in [-0.25, -0.2) is 5.43 Å². The maximum Gasteiger partial charge on any atom is 0.270 e. The summed E-state index contributed by atoms with van der Waals surface area (Å²) in [4.78, 5) is 24.1. The molecule has 1 aromatic rings. The number of non-ortho nitro benzene ring substituents is 1. The zero-order valence-electron chi connectivity index (χ0n) is 12.3. The fraction of sp³-hybridized carbons (Fsp3) is 0.429. The van der Waals surface area contributed by atoms with Gasteiger partial charge in [0.25, 0.3) is 11.6 Å². The van der Waals surface area contributed by atoms with E-state index >= 15 is 0 Å². The van der Waals surface area contributed by atoms with Crippen LogP contribution in [0.3, 0.4) is 0 Å². The van der Waals surface area contributed by atoms with E-state index in [2.05, 4.69) is 10.5 Å². The standard InChI is InChI=1S/C14H18N4O4/c1-11(12-3-2-4-13(9-12)18(20)21)15-16-14(19)10-17-5-7-22-8-6-17/h2-4,9H,5-8,10H2,1H3,(H,16,19)/b15-11+. The van der Waals surface area contributed by atoms with Crippen molar-refractivity contribution in [2.75, 3.05) is 32.8 Å². The molecule has 0 aliphatic carbocycles. The minimum Gasteiger partial charge on any atom is -0.379 e. The van der Waals surface area contributed by atoms with Crippen molar-refractivity contribution in [2.24, 2.45) is 5.10 Å². The smallest absolute Gasteiger partial charge is 0.270 e. The molecule has 1 N–H and O–H groups in total. The van der Waals surface area contributed by atoms with Crippen LogP contribution in [0.2, 0.25) is 0 Å². The molecule has 0 atom stereocenters. The molecule has 1 aliphatic heterocycles. The minimum absolute atomic E-state index is 0.00769. The second kappa shape index (κ2) is 7.62. The molecule has 0 unspecified atom stereocenters. The average Bonchev–Trinajstić information content (AvgIpc) is 2.53. The number of hydrogen-bond donors (Lipinski definition) is 1. The van der Waals surface area contributed by atoms with Crippen LogP contribution in [-0.2, 0) is 9.53 Å². The SMILES string of the molecule is C/C(=N\NC(=O)CN1CCOCC1)c1cccc([N+](=O)[O-])c1. The van der Waals surface area contributed by atoms with Crippen molar-refractivity contribution in [3.63, 3.8) is 0 Å². The predicted molar refractivity (Wildman–Crippen MR) is 80.7 cm³/mol. The average molecular weight is 306 g/mol. The highest BCUT2D eigenvalue weighted by Gasteiger charge is 2.14. The fourth-order valence-electron chi connectivity index (χ4n) is 2.05. The first-order chi connectivity index (χ1) is 10.6. The van der Waals surface area contributed by atoms with Gasteiger partial charge in [-0.1, -0.05) is 12.1 Å². The zero-order valence-corrected chi connectivity index (χ0v) is 12.3. The summed E-state index contributed by atoms with van der Waals surface area (Å²) in [5.41, 5.74) is 3.58. The molecule has 1 fully saturated rings. The van der Waals surface area contributed by atoms with E-state index in [1.54, 1.807) is 19.1 Å². The van der Waals surface area contributed by atoms with Gasteiger partial charge in [0.15, 0.2) is 0 Å². The van der Waals surface area contributed by atoms with Crippen LogP contribution in [0.4, 0.5) is 5.69 Å². The van der Waals surface area contributed by atoms with Crippen LogP contribution in [0, 0.1) is 10.1 Å². The third-order valence-corrected chi connectivity index (χ3v) is 3.29. The van der Waals surface area contributed by atoms with E-state index in [0.717, 1.165) is 13.1 Å². The van der Waals surface area contributed by atoms with Crippen LogP contribution in [0.15, 0.2) is 29.4 Å². The van der Waals surface area contributed by atoms with Crippen molar-refractivity contribution in [3.05, 3.63) is 39.9 Å². The van der Waals surface area contributed by atoms with Crippen molar-refractivity contribution in [1.82, 2.24) is 10.3 Å². The number of amides is 1. The molecular formula is C14H18N4O4. The Bertz CT molecular complexity index is 582. The molecule has 8 heteroatoms. The Hall–Kier alpha value is -2.32. The normalized spacial score (nSPS) is 16.3. The molecule has 1 amide bonds. The largest absolute Gasteiger partial charge is 0.379 e. The quantitative estimate of drug-likeness (QED) is 0.492. The number of hydrazone groups is 1. The number of nitrogens with one attached hydrogen (secondary N) is 1. The van der Waals surface area contributed by atoms with E-state index in [9.17, 15) is 14.9 Å². The molecule has 8 nitrogen and oxygen atoms in total. The lowest BCUT2D eigenvalue weighted by atomic mass is 10.1. The van der Waals surface area contributed by atoms with Crippen LogP contribution < -0.4 is 5.43 Å². The van der Waals surface area contributed by atoms with Gasteiger partial charge in [0.05, 0.1) is 30.4 Å². The summed E-state index contributed by atoms with van der Waals surface area (Å²) in [6, 6.07) is 6.13. The molecule has 2 rings (SSSR count). The van der Waals surface area contributed by atoms with Crippen molar-refractivity contribution in [2.45, 2.75) is 6.92 Å². The molecule has 0 spiro atoms. The van der Waals surface area contributed by atoms with Crippen molar-refractivity contribution >= 4 is 17.3 Å². The van der Waals surface area contributed by atoms with Gasteiger partial charge in [-0.2, -0.15) is 5.10 Å². The summed E-state index contributed by atoms with van der Waals surface area (Å²) in [5.74, 6) is -0.216. The van der Waals surface area contributed by atoms with E-state index < -0.39 is 4.92 Å². The Balaban J connectivity index is 1.92. The lowest BCUT2D eigenvalue weighted by molar-refractivity contribution is -0.384. The number of carbonyl (C=O) groups is 1. The van der Waals surface area contributed by atoms with Crippen LogP contribution in [0.1, 0.15) is 12.5 Å². The van der Waals surface area contributed by atoms with Gasteiger partial charge in [-0.05, 0) is 6.92 Å². The fourth-order valence-corrected chi connectivity index (χ4v) is 2.05. The minimum atomic E-state index is -0.464. The highest BCUT2D eigenvalue weighted by Crippen LogP contribution is 2.13. The molecule has 0 radical (unpaired) electrons. The van der Waals surface area contributed by atoms with E-state index in [0.29, 0.717) is 24.5 Å². The molecular weight excluding hydrogens is 288 g/mol. The first-order valence-electron chi connectivity index (χ1n) is 6.94. The monoisotopic (exact) mass is 306 g/mol. The molecule has 0 bridgehead atoms. The predicted octanol–water partition coefficient (Wildman–Crippen LogP) is 0.767. The van der Waals surface area contributed by atoms with Gasteiger partial charge < -0.3 is 4.74 Å². The highest BCUT2D eigenvalue weighted by atomic mass is 16.6. The Morgan fingerprint density at radius 1 is 1.45 bits per heavy atom. The van der Waals surface area contributed by atoms with Gasteiger partial charge in [0.2, 0.25) is 0 Å². The van der Waals surface area contributed by atoms with Gasteiger partial charge in [-0.15, -0.1) is 0 Å². The molecule has 0 saturated carbocycles. The van der Waals surface area contributed by atoms with E-state index in [1.165, 1.54) is 12.1 Å². The van der Waals surface area contributed by atoms with Crippen molar-refractivity contribution in [3.8, 4) is 0 Å². The number of nitro benzene ring substituents is 1. The number of rotatable bonds is 5. The maximum absolute atomic E-state index is 11.8. The number of nitro groups is 1. The van der Waals surface area contributed by atoms with Gasteiger partial charge in [0.1, 0.15) is 0 Å².